The predicted octanol–water partition coefficient (Wildman–Crippen LogP) is 2.58. The van der Waals surface area contributed by atoms with Crippen LogP contribution in [0.4, 0.5) is 5.69 Å². The largest absolute Gasteiger partial charge is 0.384 e. The number of carbonyl (C=O) groups excluding carboxylic acids is 1. The van der Waals surface area contributed by atoms with Gasteiger partial charge in [-0.2, -0.15) is 0 Å². The lowest BCUT2D eigenvalue weighted by molar-refractivity contribution is -0.117. The number of nitrogens with one attached hydrogen (secondary N) is 1. The van der Waals surface area contributed by atoms with E-state index in [1.807, 2.05) is 45.0 Å². The molecule has 0 aliphatic rings. The average molecular weight is 278 g/mol. The van der Waals surface area contributed by atoms with E-state index in [0.717, 1.165) is 17.7 Å². The Morgan fingerprint density at radius 2 is 2.00 bits per heavy atom. The number of amides is 1. The van der Waals surface area contributed by atoms with Crippen LogP contribution in [0.15, 0.2) is 24.3 Å². The highest BCUT2D eigenvalue weighted by molar-refractivity contribution is 5.91. The second-order valence-electron chi connectivity index (χ2n) is 6.12. The number of anilines is 1. The maximum absolute atomic E-state index is 12.1. The van der Waals surface area contributed by atoms with Gasteiger partial charge >= 0.3 is 0 Å². The zero-order valence-corrected chi connectivity index (χ0v) is 12.9. The van der Waals surface area contributed by atoms with E-state index in [2.05, 4.69) is 5.32 Å². The number of benzene rings is 1. The van der Waals surface area contributed by atoms with Crippen molar-refractivity contribution in [1.82, 2.24) is 0 Å². The third kappa shape index (κ3) is 5.31. The zero-order chi connectivity index (χ0) is 15.2. The number of hydrogen-bond acceptors (Lipinski definition) is 3. The molecule has 1 rings (SSSR count). The average Bonchev–Trinajstić information content (AvgIpc) is 2.36. The molecule has 112 valence electrons. The standard InChI is InChI=1S/C16H26N2O2/c1-16(2,3)14(17)11-15(19)18-13-8-6-5-7-12(13)9-10-20-4/h5-8,14H,9-11,17H2,1-4H3,(H,18,19). The molecule has 0 heterocycles. The van der Waals surface area contributed by atoms with Crippen LogP contribution in [0.25, 0.3) is 0 Å². The van der Waals surface area contributed by atoms with E-state index in [4.69, 9.17) is 10.5 Å². The number of rotatable bonds is 6. The summed E-state index contributed by atoms with van der Waals surface area (Å²) < 4.78 is 5.08. The summed E-state index contributed by atoms with van der Waals surface area (Å²) in [5.74, 6) is -0.0442. The minimum Gasteiger partial charge on any atom is -0.384 e. The lowest BCUT2D eigenvalue weighted by Gasteiger charge is -2.26. The highest BCUT2D eigenvalue weighted by Gasteiger charge is 2.23. The Morgan fingerprint density at radius 1 is 1.35 bits per heavy atom. The van der Waals surface area contributed by atoms with E-state index in [1.54, 1.807) is 7.11 Å². The van der Waals surface area contributed by atoms with Gasteiger partial charge in [0.15, 0.2) is 0 Å². The van der Waals surface area contributed by atoms with Crippen molar-refractivity contribution in [3.63, 3.8) is 0 Å². The van der Waals surface area contributed by atoms with Crippen molar-refractivity contribution in [3.8, 4) is 0 Å². The normalized spacial score (nSPS) is 13.1. The van der Waals surface area contributed by atoms with Crippen molar-refractivity contribution >= 4 is 11.6 Å². The number of ether oxygens (including phenoxy) is 1. The number of carbonyl (C=O) groups is 1. The molecule has 1 amide bonds. The SMILES string of the molecule is COCCc1ccccc1NC(=O)CC(N)C(C)(C)C. The first-order valence-corrected chi connectivity index (χ1v) is 6.97. The first-order chi connectivity index (χ1) is 9.34. The lowest BCUT2D eigenvalue weighted by atomic mass is 9.85. The Labute approximate surface area is 121 Å². The van der Waals surface area contributed by atoms with E-state index >= 15 is 0 Å². The van der Waals surface area contributed by atoms with E-state index in [-0.39, 0.29) is 17.4 Å². The van der Waals surface area contributed by atoms with Gasteiger partial charge in [-0.15, -0.1) is 0 Å². The molecule has 4 nitrogen and oxygen atoms in total. The van der Waals surface area contributed by atoms with Gasteiger partial charge in [0.2, 0.25) is 5.91 Å². The van der Waals surface area contributed by atoms with Crippen molar-refractivity contribution in [1.29, 1.82) is 0 Å². The van der Waals surface area contributed by atoms with E-state index in [9.17, 15) is 4.79 Å². The molecule has 0 aromatic heterocycles. The fourth-order valence-electron chi connectivity index (χ4n) is 1.78. The minimum absolute atomic E-state index is 0.0442. The van der Waals surface area contributed by atoms with Gasteiger partial charge in [0, 0.05) is 25.3 Å². The molecule has 0 saturated heterocycles. The van der Waals surface area contributed by atoms with Crippen LogP contribution in [-0.4, -0.2) is 25.7 Å². The van der Waals surface area contributed by atoms with Crippen molar-refractivity contribution in [2.75, 3.05) is 19.0 Å². The third-order valence-electron chi connectivity index (χ3n) is 3.38. The predicted molar refractivity (Wildman–Crippen MR) is 82.7 cm³/mol. The summed E-state index contributed by atoms with van der Waals surface area (Å²) in [6.07, 6.45) is 1.10. The summed E-state index contributed by atoms with van der Waals surface area (Å²) in [5, 5.41) is 2.95. The first-order valence-electron chi connectivity index (χ1n) is 6.97. The van der Waals surface area contributed by atoms with Crippen LogP contribution in [0, 0.1) is 5.41 Å². The number of methoxy groups -OCH3 is 1. The van der Waals surface area contributed by atoms with Crippen molar-refractivity contribution in [2.45, 2.75) is 39.7 Å². The van der Waals surface area contributed by atoms with Crippen LogP contribution in [0.2, 0.25) is 0 Å². The third-order valence-corrected chi connectivity index (χ3v) is 3.38. The Morgan fingerprint density at radius 3 is 2.60 bits per heavy atom. The lowest BCUT2D eigenvalue weighted by Crippen LogP contribution is -2.38. The van der Waals surface area contributed by atoms with E-state index in [1.165, 1.54) is 0 Å². The van der Waals surface area contributed by atoms with Gasteiger partial charge in [-0.05, 0) is 23.5 Å². The molecule has 1 atom stereocenters. The second-order valence-corrected chi connectivity index (χ2v) is 6.12. The minimum atomic E-state index is -0.159. The molecular formula is C16H26N2O2. The molecule has 0 saturated carbocycles. The van der Waals surface area contributed by atoms with Gasteiger partial charge in [0.05, 0.1) is 6.61 Å². The number of nitrogens with two attached hydrogens (primary N) is 1. The molecule has 0 bridgehead atoms. The van der Waals surface area contributed by atoms with Crippen molar-refractivity contribution < 1.29 is 9.53 Å². The number of para-hydroxylation sites is 1. The van der Waals surface area contributed by atoms with E-state index in [0.29, 0.717) is 13.0 Å². The highest BCUT2D eigenvalue weighted by atomic mass is 16.5. The van der Waals surface area contributed by atoms with Gasteiger partial charge < -0.3 is 15.8 Å². The van der Waals surface area contributed by atoms with Crippen LogP contribution in [0.1, 0.15) is 32.8 Å². The molecule has 1 aromatic carbocycles. The fraction of sp³-hybridized carbons (Fsp3) is 0.562. The maximum atomic E-state index is 12.1. The molecule has 0 fully saturated rings. The number of hydrogen-bond donors (Lipinski definition) is 2. The molecule has 20 heavy (non-hydrogen) atoms. The Balaban J connectivity index is 2.66. The molecule has 1 aromatic rings. The molecule has 0 aliphatic carbocycles. The summed E-state index contributed by atoms with van der Waals surface area (Å²) in [7, 11) is 1.67. The molecule has 4 heteroatoms. The van der Waals surface area contributed by atoms with Gasteiger partial charge in [-0.25, -0.2) is 0 Å². The molecule has 0 aliphatic heterocycles. The second kappa shape index (κ2) is 7.41. The van der Waals surface area contributed by atoms with Crippen LogP contribution >= 0.6 is 0 Å². The van der Waals surface area contributed by atoms with Crippen LogP contribution in [-0.2, 0) is 16.0 Å². The molecule has 0 spiro atoms. The first kappa shape index (κ1) is 16.7. The summed E-state index contributed by atoms with van der Waals surface area (Å²) in [4.78, 5) is 12.1. The van der Waals surface area contributed by atoms with Gasteiger partial charge in [-0.1, -0.05) is 39.0 Å². The Hall–Kier alpha value is -1.39. The molecule has 1 unspecified atom stereocenters. The summed E-state index contributed by atoms with van der Waals surface area (Å²) in [6.45, 7) is 6.75. The molecule has 0 radical (unpaired) electrons. The van der Waals surface area contributed by atoms with E-state index < -0.39 is 0 Å². The fourth-order valence-corrected chi connectivity index (χ4v) is 1.78. The van der Waals surface area contributed by atoms with Crippen molar-refractivity contribution in [2.24, 2.45) is 11.1 Å². The van der Waals surface area contributed by atoms with Crippen LogP contribution in [0.5, 0.6) is 0 Å². The quantitative estimate of drug-likeness (QED) is 0.840. The monoisotopic (exact) mass is 278 g/mol. The molecule has 3 N–H and O–H groups in total. The van der Waals surface area contributed by atoms with Gasteiger partial charge in [0.1, 0.15) is 0 Å². The van der Waals surface area contributed by atoms with Crippen LogP contribution in [0.3, 0.4) is 0 Å². The topological polar surface area (TPSA) is 64.3 Å². The highest BCUT2D eigenvalue weighted by Crippen LogP contribution is 2.21. The maximum Gasteiger partial charge on any atom is 0.225 e. The van der Waals surface area contributed by atoms with Gasteiger partial charge in [-0.3, -0.25) is 4.79 Å². The Bertz CT molecular complexity index is 438. The van der Waals surface area contributed by atoms with Crippen LogP contribution < -0.4 is 11.1 Å². The molecular weight excluding hydrogens is 252 g/mol. The smallest absolute Gasteiger partial charge is 0.225 e. The van der Waals surface area contributed by atoms with Crippen molar-refractivity contribution in [3.05, 3.63) is 29.8 Å². The zero-order valence-electron chi connectivity index (χ0n) is 12.9. The Kier molecular flexibility index (Phi) is 6.17. The summed E-state index contributed by atoms with van der Waals surface area (Å²) in [6, 6.07) is 7.62. The summed E-state index contributed by atoms with van der Waals surface area (Å²) >= 11 is 0. The van der Waals surface area contributed by atoms with Gasteiger partial charge in [0.25, 0.3) is 0 Å². The summed E-state index contributed by atoms with van der Waals surface area (Å²) in [5.41, 5.74) is 7.89.